The van der Waals surface area contributed by atoms with E-state index in [-0.39, 0.29) is 5.41 Å². The summed E-state index contributed by atoms with van der Waals surface area (Å²) in [6.07, 6.45) is 0. The zero-order valence-corrected chi connectivity index (χ0v) is 24.7. The van der Waals surface area contributed by atoms with Crippen LogP contribution in [0, 0.1) is 0 Å². The summed E-state index contributed by atoms with van der Waals surface area (Å²) >= 11 is 0. The highest BCUT2D eigenvalue weighted by atomic mass is 16.5. The third kappa shape index (κ3) is 3.92. The summed E-state index contributed by atoms with van der Waals surface area (Å²) in [5.74, 6) is 0.870. The fourth-order valence-corrected chi connectivity index (χ4v) is 7.22. The molecule has 0 unspecified atom stereocenters. The number of hydrogen-bond acceptors (Lipinski definition) is 1. The van der Waals surface area contributed by atoms with Crippen molar-refractivity contribution in [1.29, 1.82) is 0 Å². The third-order valence-electron chi connectivity index (χ3n) is 9.40. The second kappa shape index (κ2) is 9.71. The Morgan fingerprint density at radius 1 is 0.419 bits per heavy atom. The zero-order valence-electron chi connectivity index (χ0n) is 24.7. The molecule has 7 aromatic carbocycles. The van der Waals surface area contributed by atoms with Gasteiger partial charge >= 0.3 is 0 Å². The number of hydrogen-bond donors (Lipinski definition) is 0. The van der Waals surface area contributed by atoms with Crippen LogP contribution in [0.3, 0.4) is 0 Å². The Labute approximate surface area is 253 Å². The second-order valence-electron chi connectivity index (χ2n) is 12.1. The van der Waals surface area contributed by atoms with Crippen LogP contribution in [0.25, 0.3) is 66.1 Å². The molecule has 0 spiro atoms. The normalized spacial score (nSPS) is 13.2. The molecule has 8 rings (SSSR count). The minimum atomic E-state index is -0.0425. The van der Waals surface area contributed by atoms with E-state index in [2.05, 4.69) is 141 Å². The number of fused-ring (bicyclic) bond motifs is 5. The molecule has 0 radical (unpaired) electrons. The molecule has 1 aliphatic rings. The Morgan fingerprint density at radius 2 is 0.860 bits per heavy atom. The van der Waals surface area contributed by atoms with E-state index in [0.717, 1.165) is 5.75 Å². The van der Waals surface area contributed by atoms with Crippen LogP contribution in [-0.4, -0.2) is 7.11 Å². The predicted molar refractivity (Wildman–Crippen MR) is 182 cm³/mol. The molecule has 0 fully saturated rings. The van der Waals surface area contributed by atoms with Gasteiger partial charge in [-0.15, -0.1) is 0 Å². The van der Waals surface area contributed by atoms with Crippen molar-refractivity contribution in [1.82, 2.24) is 0 Å². The van der Waals surface area contributed by atoms with Crippen LogP contribution in [0.4, 0.5) is 0 Å². The van der Waals surface area contributed by atoms with Crippen molar-refractivity contribution in [3.63, 3.8) is 0 Å². The SMILES string of the molecule is COc1ccc(-c2ccc(-c3c4ccccc4c(-c4ccc5c(c4)C(C)(C)c4ccccc4-5)c4ccccc34)cc2)cc1. The van der Waals surface area contributed by atoms with Crippen LogP contribution in [0.2, 0.25) is 0 Å². The molecular formula is C42H32O. The molecule has 1 aliphatic carbocycles. The summed E-state index contributed by atoms with van der Waals surface area (Å²) in [7, 11) is 1.70. The topological polar surface area (TPSA) is 9.23 Å². The van der Waals surface area contributed by atoms with Gasteiger partial charge in [-0.3, -0.25) is 0 Å². The molecule has 0 saturated carbocycles. The van der Waals surface area contributed by atoms with E-state index < -0.39 is 0 Å². The fraction of sp³-hybridized carbons (Fsp3) is 0.0952. The molecule has 0 aromatic heterocycles. The number of methoxy groups -OCH3 is 1. The first kappa shape index (κ1) is 25.6. The van der Waals surface area contributed by atoms with Crippen LogP contribution < -0.4 is 4.74 Å². The maximum Gasteiger partial charge on any atom is 0.118 e. The van der Waals surface area contributed by atoms with E-state index in [1.54, 1.807) is 7.11 Å². The summed E-state index contributed by atoms with van der Waals surface area (Å²) < 4.78 is 5.35. The molecule has 0 atom stereocenters. The smallest absolute Gasteiger partial charge is 0.118 e. The predicted octanol–water partition coefficient (Wildman–Crippen LogP) is 11.3. The Kier molecular flexibility index (Phi) is 5.77. The van der Waals surface area contributed by atoms with Gasteiger partial charge in [-0.2, -0.15) is 0 Å². The van der Waals surface area contributed by atoms with Gasteiger partial charge in [0.15, 0.2) is 0 Å². The van der Waals surface area contributed by atoms with Crippen molar-refractivity contribution >= 4 is 21.5 Å². The van der Waals surface area contributed by atoms with Crippen molar-refractivity contribution in [2.75, 3.05) is 7.11 Å². The molecule has 43 heavy (non-hydrogen) atoms. The Hall–Kier alpha value is -5.14. The Balaban J connectivity index is 1.33. The van der Waals surface area contributed by atoms with Gasteiger partial charge in [0, 0.05) is 5.41 Å². The summed E-state index contributed by atoms with van der Waals surface area (Å²) in [5, 5.41) is 5.11. The highest BCUT2D eigenvalue weighted by Gasteiger charge is 2.35. The number of benzene rings is 7. The first-order chi connectivity index (χ1) is 21.0. The summed E-state index contributed by atoms with van der Waals surface area (Å²) in [6.45, 7) is 4.72. The van der Waals surface area contributed by atoms with Crippen molar-refractivity contribution in [2.24, 2.45) is 0 Å². The molecule has 0 aliphatic heterocycles. The van der Waals surface area contributed by atoms with Crippen molar-refractivity contribution in [2.45, 2.75) is 19.3 Å². The highest BCUT2D eigenvalue weighted by Crippen LogP contribution is 2.51. The third-order valence-corrected chi connectivity index (χ3v) is 9.40. The van der Waals surface area contributed by atoms with Gasteiger partial charge in [0.1, 0.15) is 5.75 Å². The molecule has 0 saturated heterocycles. The van der Waals surface area contributed by atoms with Crippen LogP contribution >= 0.6 is 0 Å². The van der Waals surface area contributed by atoms with Crippen LogP contribution in [-0.2, 0) is 5.41 Å². The fourth-order valence-electron chi connectivity index (χ4n) is 7.22. The van der Waals surface area contributed by atoms with Gasteiger partial charge in [0.05, 0.1) is 7.11 Å². The van der Waals surface area contributed by atoms with Gasteiger partial charge in [-0.1, -0.05) is 135 Å². The van der Waals surface area contributed by atoms with E-state index in [0.29, 0.717) is 0 Å². The zero-order chi connectivity index (χ0) is 29.1. The first-order valence-electron chi connectivity index (χ1n) is 15.0. The minimum absolute atomic E-state index is 0.0425. The van der Waals surface area contributed by atoms with E-state index >= 15 is 0 Å². The molecule has 7 aromatic rings. The van der Waals surface area contributed by atoms with Gasteiger partial charge in [0.2, 0.25) is 0 Å². The van der Waals surface area contributed by atoms with E-state index in [9.17, 15) is 0 Å². The van der Waals surface area contributed by atoms with E-state index in [4.69, 9.17) is 4.74 Å². The largest absolute Gasteiger partial charge is 0.497 e. The minimum Gasteiger partial charge on any atom is -0.497 e. The molecule has 1 heteroatoms. The summed E-state index contributed by atoms with van der Waals surface area (Å²) in [4.78, 5) is 0. The van der Waals surface area contributed by atoms with Crippen molar-refractivity contribution in [3.8, 4) is 50.3 Å². The molecule has 0 N–H and O–H groups in total. The van der Waals surface area contributed by atoms with Gasteiger partial charge in [0.25, 0.3) is 0 Å². The lowest BCUT2D eigenvalue weighted by Crippen LogP contribution is -2.14. The maximum absolute atomic E-state index is 5.35. The summed E-state index contributed by atoms with van der Waals surface area (Å²) in [6, 6.07) is 51.1. The molecule has 1 nitrogen and oxygen atoms in total. The lowest BCUT2D eigenvalue weighted by Gasteiger charge is -2.23. The molecule has 0 bridgehead atoms. The quantitative estimate of drug-likeness (QED) is 0.197. The first-order valence-corrected chi connectivity index (χ1v) is 15.0. The number of ether oxygens (including phenoxy) is 1. The molecule has 206 valence electrons. The van der Waals surface area contributed by atoms with Gasteiger partial charge in [-0.05, 0) is 95.4 Å². The Bertz CT molecular complexity index is 2110. The Morgan fingerprint density at radius 3 is 1.44 bits per heavy atom. The lowest BCUT2D eigenvalue weighted by molar-refractivity contribution is 0.415. The molecule has 0 amide bonds. The van der Waals surface area contributed by atoms with Crippen molar-refractivity contribution < 1.29 is 4.74 Å². The maximum atomic E-state index is 5.35. The van der Waals surface area contributed by atoms with Crippen molar-refractivity contribution in [3.05, 3.63) is 151 Å². The average molecular weight is 553 g/mol. The monoisotopic (exact) mass is 552 g/mol. The molecular weight excluding hydrogens is 520 g/mol. The average Bonchev–Trinajstić information content (AvgIpc) is 3.29. The van der Waals surface area contributed by atoms with E-state index in [1.807, 2.05) is 12.1 Å². The van der Waals surface area contributed by atoms with Gasteiger partial charge in [-0.25, -0.2) is 0 Å². The molecule has 0 heterocycles. The summed E-state index contributed by atoms with van der Waals surface area (Å²) in [5.41, 5.74) is 12.9. The van der Waals surface area contributed by atoms with Crippen LogP contribution in [0.1, 0.15) is 25.0 Å². The number of rotatable bonds is 4. The van der Waals surface area contributed by atoms with Gasteiger partial charge < -0.3 is 4.74 Å². The second-order valence-corrected chi connectivity index (χ2v) is 12.1. The highest BCUT2D eigenvalue weighted by molar-refractivity contribution is 6.21. The standard InChI is InChI=1S/C42H32O/c1-42(2)38-15-9-8-10-32(38)33-25-22-30(26-39(33)42)41-36-13-6-4-11-34(36)40(35-12-5-7-14-37(35)41)29-18-16-27(17-19-29)28-20-23-31(43-3)24-21-28/h4-26H,1-3H3. The van der Waals surface area contributed by atoms with E-state index in [1.165, 1.54) is 77.2 Å². The van der Waals surface area contributed by atoms with Crippen LogP contribution in [0.5, 0.6) is 5.75 Å². The lowest BCUT2D eigenvalue weighted by atomic mass is 9.80. The van der Waals surface area contributed by atoms with Crippen LogP contribution in [0.15, 0.2) is 140 Å².